The molecule has 0 bridgehead atoms. The van der Waals surface area contributed by atoms with E-state index in [1.54, 1.807) is 4.90 Å². The largest absolute Gasteiger partial charge is 0.338 e. The van der Waals surface area contributed by atoms with E-state index in [0.29, 0.717) is 23.4 Å². The number of benzene rings is 1. The van der Waals surface area contributed by atoms with Crippen molar-refractivity contribution in [2.75, 3.05) is 18.4 Å². The summed E-state index contributed by atoms with van der Waals surface area (Å²) < 4.78 is 13.6. The third-order valence-electron chi connectivity index (χ3n) is 2.30. The maximum atomic E-state index is 13.6. The standard InChI is InChI=1S/C12H14BrClFNO/c1-2-6-16(7-5-13)12(17)10-4-3-9(14)8-11(10)15/h3-4,8H,2,5-7H2,1H3. The van der Waals surface area contributed by atoms with E-state index in [4.69, 9.17) is 11.6 Å². The molecule has 1 rings (SSSR count). The lowest BCUT2D eigenvalue weighted by atomic mass is 10.2. The van der Waals surface area contributed by atoms with Crippen LogP contribution in [0.15, 0.2) is 18.2 Å². The van der Waals surface area contributed by atoms with Crippen molar-refractivity contribution in [1.29, 1.82) is 0 Å². The normalized spacial score (nSPS) is 10.4. The van der Waals surface area contributed by atoms with Crippen LogP contribution in [0, 0.1) is 5.82 Å². The third-order valence-corrected chi connectivity index (χ3v) is 2.89. The number of carbonyl (C=O) groups excluding carboxylic acids is 1. The van der Waals surface area contributed by atoms with Gasteiger partial charge in [-0.15, -0.1) is 0 Å². The van der Waals surface area contributed by atoms with E-state index >= 15 is 0 Å². The molecule has 0 spiro atoms. The van der Waals surface area contributed by atoms with Gasteiger partial charge in [-0.1, -0.05) is 34.5 Å². The van der Waals surface area contributed by atoms with Crippen LogP contribution in [-0.4, -0.2) is 29.2 Å². The average Bonchev–Trinajstić information content (AvgIpc) is 2.28. The summed E-state index contributed by atoms with van der Waals surface area (Å²) in [5, 5.41) is 0.968. The van der Waals surface area contributed by atoms with Gasteiger partial charge in [0, 0.05) is 23.4 Å². The smallest absolute Gasteiger partial charge is 0.256 e. The highest BCUT2D eigenvalue weighted by molar-refractivity contribution is 9.09. The number of rotatable bonds is 5. The van der Waals surface area contributed by atoms with E-state index in [2.05, 4.69) is 15.9 Å². The molecule has 0 aliphatic heterocycles. The molecule has 0 aliphatic rings. The van der Waals surface area contributed by atoms with E-state index < -0.39 is 5.82 Å². The summed E-state index contributed by atoms with van der Waals surface area (Å²) in [5.41, 5.74) is 0.0730. The minimum absolute atomic E-state index is 0.0730. The fourth-order valence-corrected chi connectivity index (χ4v) is 2.11. The Kier molecular flexibility index (Phi) is 5.92. The quantitative estimate of drug-likeness (QED) is 0.757. The molecular weight excluding hydrogens is 308 g/mol. The van der Waals surface area contributed by atoms with E-state index in [9.17, 15) is 9.18 Å². The summed E-state index contributed by atoms with van der Waals surface area (Å²) in [6.07, 6.45) is 0.841. The predicted molar refractivity (Wildman–Crippen MR) is 71.4 cm³/mol. The minimum atomic E-state index is -0.571. The summed E-state index contributed by atoms with van der Waals surface area (Å²) >= 11 is 8.93. The summed E-state index contributed by atoms with van der Waals surface area (Å²) in [6, 6.07) is 4.11. The van der Waals surface area contributed by atoms with Crippen LogP contribution < -0.4 is 0 Å². The van der Waals surface area contributed by atoms with Crippen molar-refractivity contribution >= 4 is 33.4 Å². The molecular formula is C12H14BrClFNO. The Bertz CT molecular complexity index is 394. The van der Waals surface area contributed by atoms with Gasteiger partial charge in [0.05, 0.1) is 5.56 Å². The summed E-state index contributed by atoms with van der Waals surface area (Å²) in [5.74, 6) is -0.862. The molecule has 0 radical (unpaired) electrons. The maximum absolute atomic E-state index is 13.6. The van der Waals surface area contributed by atoms with Crippen molar-refractivity contribution in [3.8, 4) is 0 Å². The summed E-state index contributed by atoms with van der Waals surface area (Å²) in [4.78, 5) is 13.7. The Morgan fingerprint density at radius 2 is 2.18 bits per heavy atom. The van der Waals surface area contributed by atoms with Gasteiger partial charge in [0.25, 0.3) is 5.91 Å². The van der Waals surface area contributed by atoms with Gasteiger partial charge in [-0.3, -0.25) is 4.79 Å². The first-order chi connectivity index (χ1) is 8.10. The molecule has 0 aromatic heterocycles. The topological polar surface area (TPSA) is 20.3 Å². The van der Waals surface area contributed by atoms with E-state index in [-0.39, 0.29) is 11.5 Å². The first kappa shape index (κ1) is 14.5. The van der Waals surface area contributed by atoms with Crippen LogP contribution in [0.5, 0.6) is 0 Å². The molecule has 1 aromatic carbocycles. The molecule has 0 unspecified atom stereocenters. The number of carbonyl (C=O) groups is 1. The number of halogens is 3. The molecule has 0 atom stereocenters. The van der Waals surface area contributed by atoms with Gasteiger partial charge in [0.1, 0.15) is 5.82 Å². The van der Waals surface area contributed by atoms with E-state index in [1.165, 1.54) is 12.1 Å². The third kappa shape index (κ3) is 3.96. The molecule has 1 aromatic rings. The van der Waals surface area contributed by atoms with Gasteiger partial charge >= 0.3 is 0 Å². The second-order valence-electron chi connectivity index (χ2n) is 3.61. The minimum Gasteiger partial charge on any atom is -0.338 e. The van der Waals surface area contributed by atoms with E-state index in [1.807, 2.05) is 6.92 Å². The van der Waals surface area contributed by atoms with Gasteiger partial charge in [0.15, 0.2) is 0 Å². The number of hydrogen-bond donors (Lipinski definition) is 0. The van der Waals surface area contributed by atoms with Crippen molar-refractivity contribution in [2.45, 2.75) is 13.3 Å². The highest BCUT2D eigenvalue weighted by Crippen LogP contribution is 2.16. The SMILES string of the molecule is CCCN(CCBr)C(=O)c1ccc(Cl)cc1F. The second kappa shape index (κ2) is 6.97. The molecule has 5 heteroatoms. The lowest BCUT2D eigenvalue weighted by Crippen LogP contribution is -2.33. The molecule has 0 aliphatic carbocycles. The van der Waals surface area contributed by atoms with E-state index in [0.717, 1.165) is 12.5 Å². The Hall–Kier alpha value is -0.610. The van der Waals surface area contributed by atoms with Crippen LogP contribution >= 0.6 is 27.5 Å². The first-order valence-corrected chi connectivity index (χ1v) is 6.90. The van der Waals surface area contributed by atoms with Crippen molar-refractivity contribution < 1.29 is 9.18 Å². The van der Waals surface area contributed by atoms with Crippen molar-refractivity contribution in [3.05, 3.63) is 34.6 Å². The van der Waals surface area contributed by atoms with Gasteiger partial charge in [0.2, 0.25) is 0 Å². The molecule has 17 heavy (non-hydrogen) atoms. The monoisotopic (exact) mass is 321 g/mol. The van der Waals surface area contributed by atoms with Crippen molar-refractivity contribution in [3.63, 3.8) is 0 Å². The molecule has 0 heterocycles. The van der Waals surface area contributed by atoms with Gasteiger partial charge in [-0.25, -0.2) is 4.39 Å². The van der Waals surface area contributed by atoms with Gasteiger partial charge in [-0.2, -0.15) is 0 Å². The zero-order valence-corrected chi connectivity index (χ0v) is 11.9. The molecule has 0 fully saturated rings. The fraction of sp³-hybridized carbons (Fsp3) is 0.417. The van der Waals surface area contributed by atoms with Crippen LogP contribution in [0.25, 0.3) is 0 Å². The van der Waals surface area contributed by atoms with Crippen LogP contribution in [0.3, 0.4) is 0 Å². The predicted octanol–water partition coefficient (Wildman–Crippen LogP) is 3.73. The van der Waals surface area contributed by atoms with Crippen molar-refractivity contribution in [2.24, 2.45) is 0 Å². The lowest BCUT2D eigenvalue weighted by molar-refractivity contribution is 0.0762. The molecule has 1 amide bonds. The fourth-order valence-electron chi connectivity index (χ4n) is 1.52. The maximum Gasteiger partial charge on any atom is 0.256 e. The zero-order valence-electron chi connectivity index (χ0n) is 9.55. The Morgan fingerprint density at radius 3 is 2.71 bits per heavy atom. The van der Waals surface area contributed by atoms with Crippen LogP contribution in [0.2, 0.25) is 5.02 Å². The van der Waals surface area contributed by atoms with Crippen LogP contribution in [0.4, 0.5) is 4.39 Å². The lowest BCUT2D eigenvalue weighted by Gasteiger charge is -2.21. The first-order valence-electron chi connectivity index (χ1n) is 5.40. The highest BCUT2D eigenvalue weighted by atomic mass is 79.9. The molecule has 0 N–H and O–H groups in total. The highest BCUT2D eigenvalue weighted by Gasteiger charge is 2.18. The number of alkyl halides is 1. The molecule has 2 nitrogen and oxygen atoms in total. The van der Waals surface area contributed by atoms with Gasteiger partial charge < -0.3 is 4.90 Å². The molecule has 0 saturated heterocycles. The Balaban J connectivity index is 2.92. The van der Waals surface area contributed by atoms with Gasteiger partial charge in [-0.05, 0) is 24.6 Å². The summed E-state index contributed by atoms with van der Waals surface area (Å²) in [6.45, 7) is 3.16. The average molecular weight is 323 g/mol. The van der Waals surface area contributed by atoms with Crippen LogP contribution in [0.1, 0.15) is 23.7 Å². The number of hydrogen-bond acceptors (Lipinski definition) is 1. The number of nitrogens with zero attached hydrogens (tertiary/aromatic N) is 1. The Morgan fingerprint density at radius 1 is 1.47 bits per heavy atom. The Labute approximate surface area is 114 Å². The number of amides is 1. The summed E-state index contributed by atoms with van der Waals surface area (Å²) in [7, 11) is 0. The second-order valence-corrected chi connectivity index (χ2v) is 4.83. The van der Waals surface area contributed by atoms with Crippen LogP contribution in [-0.2, 0) is 0 Å². The molecule has 0 saturated carbocycles. The zero-order chi connectivity index (χ0) is 12.8. The van der Waals surface area contributed by atoms with Crippen molar-refractivity contribution in [1.82, 2.24) is 4.90 Å². The molecule has 94 valence electrons.